The van der Waals surface area contributed by atoms with Crippen LogP contribution in [0.25, 0.3) is 0 Å². The van der Waals surface area contributed by atoms with Crippen molar-refractivity contribution in [2.75, 3.05) is 18.4 Å². The molecule has 0 aliphatic heterocycles. The number of hydrogen-bond donors (Lipinski definition) is 2. The highest BCUT2D eigenvalue weighted by molar-refractivity contribution is 5.42. The van der Waals surface area contributed by atoms with Gasteiger partial charge in [0.1, 0.15) is 0 Å². The zero-order valence-corrected chi connectivity index (χ0v) is 7.76. The van der Waals surface area contributed by atoms with Crippen LogP contribution in [0.1, 0.15) is 6.92 Å². The first kappa shape index (κ1) is 9.99. The minimum absolute atomic E-state index is 0.339. The molecule has 1 atom stereocenters. The Morgan fingerprint density at radius 1 is 1.31 bits per heavy atom. The highest BCUT2D eigenvalue weighted by Crippen LogP contribution is 2.06. The van der Waals surface area contributed by atoms with Crippen molar-refractivity contribution in [2.45, 2.75) is 13.2 Å². The minimum atomic E-state index is -1.03. The fourth-order valence-corrected chi connectivity index (χ4v) is 1.04. The van der Waals surface area contributed by atoms with Crippen LogP contribution in [0.15, 0.2) is 30.3 Å². The van der Waals surface area contributed by atoms with Crippen molar-refractivity contribution in [3.05, 3.63) is 30.3 Å². The molecular formula is C10H15FN2. The first-order chi connectivity index (χ1) is 6.33. The molecule has 0 amide bonds. The van der Waals surface area contributed by atoms with Gasteiger partial charge in [-0.3, -0.25) is 0 Å². The summed E-state index contributed by atoms with van der Waals surface area (Å²) < 4.78 is 13.1. The fourth-order valence-electron chi connectivity index (χ4n) is 1.04. The van der Waals surface area contributed by atoms with Gasteiger partial charge in [0.2, 0.25) is 0 Å². The molecular weight excluding hydrogens is 167 g/mol. The molecule has 3 heteroatoms. The maximum Gasteiger partial charge on any atom is 0.182 e. The third-order valence-electron chi connectivity index (χ3n) is 1.67. The van der Waals surface area contributed by atoms with E-state index in [-0.39, 0.29) is 0 Å². The Morgan fingerprint density at radius 3 is 2.62 bits per heavy atom. The van der Waals surface area contributed by atoms with Gasteiger partial charge in [0.25, 0.3) is 0 Å². The number of hydrogen-bond acceptors (Lipinski definition) is 2. The summed E-state index contributed by atoms with van der Waals surface area (Å²) in [6.07, 6.45) is -1.03. The summed E-state index contributed by atoms with van der Waals surface area (Å²) in [5.74, 6) is 0. The van der Waals surface area contributed by atoms with Gasteiger partial charge < -0.3 is 10.6 Å². The van der Waals surface area contributed by atoms with Crippen molar-refractivity contribution in [3.63, 3.8) is 0 Å². The van der Waals surface area contributed by atoms with E-state index in [1.807, 2.05) is 37.3 Å². The molecule has 0 aliphatic rings. The van der Waals surface area contributed by atoms with Crippen LogP contribution in [0.5, 0.6) is 0 Å². The van der Waals surface area contributed by atoms with Crippen LogP contribution >= 0.6 is 0 Å². The van der Waals surface area contributed by atoms with Crippen LogP contribution in [-0.2, 0) is 0 Å². The van der Waals surface area contributed by atoms with E-state index in [0.29, 0.717) is 6.54 Å². The average Bonchev–Trinajstić information content (AvgIpc) is 2.16. The molecule has 2 N–H and O–H groups in total. The number of likely N-dealkylation sites (N-methyl/N-ethyl adjacent to an activating group) is 1. The van der Waals surface area contributed by atoms with E-state index in [4.69, 9.17) is 0 Å². The van der Waals surface area contributed by atoms with E-state index in [9.17, 15) is 4.39 Å². The summed E-state index contributed by atoms with van der Waals surface area (Å²) in [4.78, 5) is 0. The Balaban J connectivity index is 2.32. The number of alkyl halides is 1. The highest BCUT2D eigenvalue weighted by Gasteiger charge is 2.03. The molecule has 72 valence electrons. The van der Waals surface area contributed by atoms with E-state index >= 15 is 0 Å². The van der Waals surface area contributed by atoms with Crippen LogP contribution in [0, 0.1) is 0 Å². The molecule has 0 saturated heterocycles. The molecule has 0 radical (unpaired) electrons. The molecule has 0 heterocycles. The van der Waals surface area contributed by atoms with Gasteiger partial charge in [0.05, 0.1) is 0 Å². The van der Waals surface area contributed by atoms with E-state index in [1.165, 1.54) is 0 Å². The largest absolute Gasteiger partial charge is 0.355 e. The lowest BCUT2D eigenvalue weighted by atomic mass is 10.3. The van der Waals surface area contributed by atoms with E-state index in [1.54, 1.807) is 0 Å². The van der Waals surface area contributed by atoms with Gasteiger partial charge in [-0.15, -0.1) is 0 Å². The predicted molar refractivity (Wildman–Crippen MR) is 53.5 cm³/mol. The maximum atomic E-state index is 13.1. The Labute approximate surface area is 78.2 Å². The van der Waals surface area contributed by atoms with Crippen LogP contribution in [0.2, 0.25) is 0 Å². The molecule has 1 aromatic rings. The lowest BCUT2D eigenvalue weighted by Crippen LogP contribution is -2.29. The number of benzene rings is 1. The second-order valence-electron chi connectivity index (χ2n) is 2.79. The Kier molecular flexibility index (Phi) is 4.26. The summed E-state index contributed by atoms with van der Waals surface area (Å²) >= 11 is 0. The first-order valence-electron chi connectivity index (χ1n) is 4.49. The second kappa shape index (κ2) is 5.54. The van der Waals surface area contributed by atoms with Gasteiger partial charge in [0.15, 0.2) is 6.30 Å². The zero-order valence-electron chi connectivity index (χ0n) is 7.76. The van der Waals surface area contributed by atoms with Crippen molar-refractivity contribution < 1.29 is 4.39 Å². The molecule has 0 spiro atoms. The predicted octanol–water partition coefficient (Wildman–Crippen LogP) is 2.00. The van der Waals surface area contributed by atoms with E-state index < -0.39 is 6.30 Å². The quantitative estimate of drug-likeness (QED) is 0.681. The average molecular weight is 182 g/mol. The molecule has 1 rings (SSSR count). The van der Waals surface area contributed by atoms with Gasteiger partial charge in [-0.2, -0.15) is 0 Å². The number of rotatable bonds is 5. The van der Waals surface area contributed by atoms with Gasteiger partial charge >= 0.3 is 0 Å². The first-order valence-corrected chi connectivity index (χ1v) is 4.49. The van der Waals surface area contributed by atoms with Gasteiger partial charge in [-0.1, -0.05) is 25.1 Å². The molecule has 0 aliphatic carbocycles. The standard InChI is InChI=1S/C10H15FN2/c1-2-12-8-10(11)13-9-6-4-3-5-7-9/h3-7,10,12-13H,2,8H2,1H3. The lowest BCUT2D eigenvalue weighted by molar-refractivity contribution is 0.357. The topological polar surface area (TPSA) is 24.1 Å². The van der Waals surface area contributed by atoms with Crippen molar-refractivity contribution in [1.29, 1.82) is 0 Å². The molecule has 0 bridgehead atoms. The summed E-state index contributed by atoms with van der Waals surface area (Å²) in [6.45, 7) is 3.08. The van der Waals surface area contributed by atoms with E-state index in [0.717, 1.165) is 12.2 Å². The number of anilines is 1. The summed E-state index contributed by atoms with van der Waals surface area (Å²) in [5, 5.41) is 5.68. The van der Waals surface area contributed by atoms with Gasteiger partial charge in [-0.05, 0) is 18.7 Å². The van der Waals surface area contributed by atoms with Crippen molar-refractivity contribution in [3.8, 4) is 0 Å². The minimum Gasteiger partial charge on any atom is -0.355 e. The number of halogens is 1. The highest BCUT2D eigenvalue weighted by atomic mass is 19.1. The Morgan fingerprint density at radius 2 is 2.00 bits per heavy atom. The third kappa shape index (κ3) is 3.90. The summed E-state index contributed by atoms with van der Waals surface area (Å²) in [6, 6.07) is 9.35. The molecule has 0 saturated carbocycles. The second-order valence-corrected chi connectivity index (χ2v) is 2.79. The van der Waals surface area contributed by atoms with Gasteiger partial charge in [0, 0.05) is 12.2 Å². The smallest absolute Gasteiger partial charge is 0.182 e. The van der Waals surface area contributed by atoms with Gasteiger partial charge in [-0.25, -0.2) is 4.39 Å². The molecule has 1 unspecified atom stereocenters. The van der Waals surface area contributed by atoms with E-state index in [2.05, 4.69) is 10.6 Å². The summed E-state index contributed by atoms with van der Waals surface area (Å²) in [7, 11) is 0. The zero-order chi connectivity index (χ0) is 9.52. The van der Waals surface area contributed by atoms with Crippen LogP contribution < -0.4 is 10.6 Å². The molecule has 2 nitrogen and oxygen atoms in total. The number of para-hydroxylation sites is 1. The third-order valence-corrected chi connectivity index (χ3v) is 1.67. The molecule has 1 aromatic carbocycles. The van der Waals surface area contributed by atoms with Crippen LogP contribution in [-0.4, -0.2) is 19.4 Å². The molecule has 0 aromatic heterocycles. The summed E-state index contributed by atoms with van der Waals surface area (Å²) in [5.41, 5.74) is 0.813. The molecule has 13 heavy (non-hydrogen) atoms. The molecule has 0 fully saturated rings. The van der Waals surface area contributed by atoms with Crippen LogP contribution in [0.4, 0.5) is 10.1 Å². The number of nitrogens with one attached hydrogen (secondary N) is 2. The van der Waals surface area contributed by atoms with Crippen molar-refractivity contribution >= 4 is 5.69 Å². The maximum absolute atomic E-state index is 13.1. The van der Waals surface area contributed by atoms with Crippen molar-refractivity contribution in [2.24, 2.45) is 0 Å². The Hall–Kier alpha value is -1.09. The van der Waals surface area contributed by atoms with Crippen LogP contribution in [0.3, 0.4) is 0 Å². The Bertz CT molecular complexity index is 226. The lowest BCUT2D eigenvalue weighted by Gasteiger charge is -2.11. The SMILES string of the molecule is CCNCC(F)Nc1ccccc1. The normalized spacial score (nSPS) is 12.5. The monoisotopic (exact) mass is 182 g/mol. The van der Waals surface area contributed by atoms with Crippen molar-refractivity contribution in [1.82, 2.24) is 5.32 Å². The fraction of sp³-hybridized carbons (Fsp3) is 0.400.